The number of nitrogens with zero attached hydrogens (tertiary/aromatic N) is 1. The van der Waals surface area contributed by atoms with Crippen LogP contribution in [0.2, 0.25) is 0 Å². The van der Waals surface area contributed by atoms with Crippen molar-refractivity contribution in [3.8, 4) is 5.75 Å². The third kappa shape index (κ3) is 2.86. The van der Waals surface area contributed by atoms with Gasteiger partial charge >= 0.3 is 5.97 Å². The molecular weight excluding hydrogens is 465 g/mol. The van der Waals surface area contributed by atoms with Gasteiger partial charge in [-0.3, -0.25) is 0 Å². The number of halogens is 1. The Hall–Kier alpha value is -1.60. The number of carbonyl (C=O) groups is 1. The highest BCUT2D eigenvalue weighted by Crippen LogP contribution is 2.56. The maximum atomic E-state index is 12.7. The van der Waals surface area contributed by atoms with E-state index < -0.39 is 0 Å². The maximum Gasteiger partial charge on any atom is 0.357 e. The Morgan fingerprint density at radius 3 is 2.82 bits per heavy atom. The van der Waals surface area contributed by atoms with Crippen molar-refractivity contribution in [2.75, 3.05) is 6.54 Å². The van der Waals surface area contributed by atoms with Crippen LogP contribution in [-0.2, 0) is 16.7 Å². The monoisotopic (exact) mass is 489 g/mol. The number of rotatable bonds is 2. The van der Waals surface area contributed by atoms with E-state index in [9.17, 15) is 9.90 Å². The first-order valence-electron chi connectivity index (χ1n) is 10.1. The van der Waals surface area contributed by atoms with Crippen molar-refractivity contribution in [2.45, 2.75) is 50.0 Å². The van der Waals surface area contributed by atoms with Gasteiger partial charge in [-0.25, -0.2) is 4.79 Å². The molecule has 2 aromatic rings. The van der Waals surface area contributed by atoms with Crippen molar-refractivity contribution in [2.24, 2.45) is 5.92 Å². The molecule has 2 aromatic carbocycles. The Morgan fingerprint density at radius 2 is 2.00 bits per heavy atom. The standard InChI is InChI=1S/C23H24INO3/c24-19-12-16-13-20-17-8-4-5-9-23(17,18(16)14-21(19)26)10-11-25(20)28-22(27)15-6-2-1-3-7-15/h1-3,6-7,12,14,17,20,26H,4-5,8-11,13H2/t17-,20+,23+/m1/s1. The first kappa shape index (κ1) is 18.4. The molecule has 1 saturated heterocycles. The molecule has 1 heterocycles. The summed E-state index contributed by atoms with van der Waals surface area (Å²) in [6, 6.07) is 13.6. The van der Waals surface area contributed by atoms with Crippen LogP contribution in [0.25, 0.3) is 0 Å². The van der Waals surface area contributed by atoms with Gasteiger partial charge in [0.1, 0.15) is 5.75 Å². The zero-order chi connectivity index (χ0) is 19.3. The van der Waals surface area contributed by atoms with Crippen molar-refractivity contribution in [3.05, 3.63) is 62.7 Å². The number of phenolic OH excluding ortho intramolecular Hbond substituents is 1. The number of carbonyl (C=O) groups excluding carboxylic acids is 1. The number of hydrogen-bond acceptors (Lipinski definition) is 4. The van der Waals surface area contributed by atoms with Gasteiger partial charge in [0, 0.05) is 12.0 Å². The zero-order valence-corrected chi connectivity index (χ0v) is 17.9. The van der Waals surface area contributed by atoms with Crippen molar-refractivity contribution >= 4 is 28.6 Å². The molecule has 2 fully saturated rings. The lowest BCUT2D eigenvalue weighted by Gasteiger charge is -2.58. The normalized spacial score (nSPS) is 28.9. The van der Waals surface area contributed by atoms with E-state index in [1.54, 1.807) is 12.1 Å². The summed E-state index contributed by atoms with van der Waals surface area (Å²) in [5.74, 6) is 0.606. The molecule has 146 valence electrons. The third-order valence-corrected chi connectivity index (χ3v) is 7.92. The van der Waals surface area contributed by atoms with Crippen LogP contribution < -0.4 is 0 Å². The summed E-state index contributed by atoms with van der Waals surface area (Å²) in [5, 5.41) is 12.3. The van der Waals surface area contributed by atoms with Gasteiger partial charge < -0.3 is 9.94 Å². The summed E-state index contributed by atoms with van der Waals surface area (Å²) in [5.41, 5.74) is 3.37. The molecule has 3 atom stereocenters. The zero-order valence-electron chi connectivity index (χ0n) is 15.7. The second-order valence-corrected chi connectivity index (χ2v) is 9.54. The average molecular weight is 489 g/mol. The average Bonchev–Trinajstić information content (AvgIpc) is 2.72. The molecule has 2 bridgehead atoms. The van der Waals surface area contributed by atoms with Crippen molar-refractivity contribution in [1.29, 1.82) is 0 Å². The molecule has 1 saturated carbocycles. The SMILES string of the molecule is O=C(ON1CC[C@@]23CCCC[C@@H]2[C@@H]1Cc1cc(I)c(O)cc13)c1ccccc1. The fourth-order valence-corrected chi connectivity index (χ4v) is 6.37. The molecule has 0 spiro atoms. The Labute approximate surface area is 179 Å². The minimum atomic E-state index is -0.269. The van der Waals surface area contributed by atoms with E-state index in [-0.39, 0.29) is 17.4 Å². The number of hydrogen-bond donors (Lipinski definition) is 1. The molecule has 0 radical (unpaired) electrons. The first-order chi connectivity index (χ1) is 13.6. The van der Waals surface area contributed by atoms with Crippen molar-refractivity contribution < 1.29 is 14.7 Å². The van der Waals surface area contributed by atoms with E-state index in [1.807, 2.05) is 29.3 Å². The van der Waals surface area contributed by atoms with Crippen LogP contribution in [0.15, 0.2) is 42.5 Å². The topological polar surface area (TPSA) is 49.8 Å². The van der Waals surface area contributed by atoms with Crippen molar-refractivity contribution in [1.82, 2.24) is 5.06 Å². The minimum Gasteiger partial charge on any atom is -0.507 e. The van der Waals surface area contributed by atoms with E-state index in [4.69, 9.17) is 4.84 Å². The van der Waals surface area contributed by atoms with Gasteiger partial charge in [0.25, 0.3) is 0 Å². The molecule has 28 heavy (non-hydrogen) atoms. The molecule has 1 N–H and O–H groups in total. The lowest BCUT2D eigenvalue weighted by atomic mass is 9.52. The highest BCUT2D eigenvalue weighted by Gasteiger charge is 2.55. The second-order valence-electron chi connectivity index (χ2n) is 8.38. The van der Waals surface area contributed by atoms with Gasteiger partial charge in [-0.1, -0.05) is 31.0 Å². The number of phenols is 1. The van der Waals surface area contributed by atoms with Gasteiger partial charge in [0.2, 0.25) is 0 Å². The Bertz CT molecular complexity index is 916. The van der Waals surface area contributed by atoms with E-state index in [0.29, 0.717) is 17.2 Å². The van der Waals surface area contributed by atoms with Crippen molar-refractivity contribution in [3.63, 3.8) is 0 Å². The lowest BCUT2D eigenvalue weighted by molar-refractivity contribution is -0.190. The molecule has 5 rings (SSSR count). The Balaban J connectivity index is 1.50. The van der Waals surface area contributed by atoms with Gasteiger partial charge in [-0.15, -0.1) is 5.06 Å². The summed E-state index contributed by atoms with van der Waals surface area (Å²) in [4.78, 5) is 18.6. The second kappa shape index (κ2) is 7.02. The van der Waals surface area contributed by atoms with E-state index in [0.717, 1.165) is 29.4 Å². The highest BCUT2D eigenvalue weighted by molar-refractivity contribution is 14.1. The van der Waals surface area contributed by atoms with Crippen LogP contribution in [0.5, 0.6) is 5.75 Å². The largest absolute Gasteiger partial charge is 0.507 e. The predicted octanol–water partition coefficient (Wildman–Crippen LogP) is 4.83. The van der Waals surface area contributed by atoms with E-state index in [2.05, 4.69) is 28.7 Å². The molecule has 2 aliphatic carbocycles. The lowest BCUT2D eigenvalue weighted by Crippen LogP contribution is -2.61. The first-order valence-corrected chi connectivity index (χ1v) is 11.2. The van der Waals surface area contributed by atoms with Crippen LogP contribution in [0, 0.1) is 9.49 Å². The van der Waals surface area contributed by atoms with E-state index in [1.165, 1.54) is 30.4 Å². The number of hydroxylamine groups is 2. The quantitative estimate of drug-likeness (QED) is 0.615. The molecule has 4 nitrogen and oxygen atoms in total. The van der Waals surface area contributed by atoms with E-state index >= 15 is 0 Å². The summed E-state index contributed by atoms with van der Waals surface area (Å²) in [7, 11) is 0. The minimum absolute atomic E-state index is 0.119. The molecule has 0 unspecified atom stereocenters. The molecule has 0 amide bonds. The number of piperidine rings is 1. The summed E-state index contributed by atoms with van der Waals surface area (Å²) in [6.45, 7) is 0.756. The van der Waals surface area contributed by atoms with Gasteiger partial charge in [0.05, 0.1) is 15.2 Å². The highest BCUT2D eigenvalue weighted by atomic mass is 127. The summed E-state index contributed by atoms with van der Waals surface area (Å²) >= 11 is 2.20. The number of fused-ring (bicyclic) bond motifs is 1. The smallest absolute Gasteiger partial charge is 0.357 e. The van der Waals surface area contributed by atoms with Gasteiger partial charge in [0.15, 0.2) is 0 Å². The fourth-order valence-electron chi connectivity index (χ4n) is 5.83. The Morgan fingerprint density at radius 1 is 1.18 bits per heavy atom. The maximum absolute atomic E-state index is 12.7. The predicted molar refractivity (Wildman–Crippen MR) is 115 cm³/mol. The summed E-state index contributed by atoms with van der Waals surface area (Å²) < 4.78 is 0.896. The summed E-state index contributed by atoms with van der Waals surface area (Å²) in [6.07, 6.45) is 6.65. The fraction of sp³-hybridized carbons (Fsp3) is 0.435. The Kier molecular flexibility index (Phi) is 4.62. The van der Waals surface area contributed by atoms with Crippen LogP contribution in [0.1, 0.15) is 53.6 Å². The van der Waals surface area contributed by atoms with Gasteiger partial charge in [-0.05, 0) is 89.6 Å². The number of benzene rings is 2. The van der Waals surface area contributed by atoms with Crippen LogP contribution in [0.3, 0.4) is 0 Å². The van der Waals surface area contributed by atoms with Gasteiger partial charge in [-0.2, -0.15) is 0 Å². The third-order valence-electron chi connectivity index (χ3n) is 7.06. The van der Waals surface area contributed by atoms with Crippen LogP contribution >= 0.6 is 22.6 Å². The molecule has 1 aliphatic heterocycles. The van der Waals surface area contributed by atoms with Crippen LogP contribution in [0.4, 0.5) is 0 Å². The molecule has 0 aromatic heterocycles. The molecule has 5 heteroatoms. The molecular formula is C23H24INO3. The molecule has 3 aliphatic rings. The number of aromatic hydroxyl groups is 1. The van der Waals surface area contributed by atoms with Crippen LogP contribution in [-0.4, -0.2) is 28.7 Å².